The van der Waals surface area contributed by atoms with Gasteiger partial charge in [-0.15, -0.1) is 0 Å². The Balaban J connectivity index is 3.01. The topological polar surface area (TPSA) is 54.4 Å². The Bertz CT molecular complexity index is 380. The van der Waals surface area contributed by atoms with Gasteiger partial charge in [-0.2, -0.15) is 0 Å². The molecule has 0 atom stereocenters. The van der Waals surface area contributed by atoms with Crippen LogP contribution in [0.4, 0.5) is 0 Å². The molecule has 0 radical (unpaired) electrons. The SMILES string of the molecule is CC(=O)c1ccc(CC(=O)O)c(C)c1. The Morgan fingerprint density at radius 1 is 1.36 bits per heavy atom. The van der Waals surface area contributed by atoms with Gasteiger partial charge in [0.15, 0.2) is 5.78 Å². The van der Waals surface area contributed by atoms with Gasteiger partial charge < -0.3 is 5.11 Å². The highest BCUT2D eigenvalue weighted by molar-refractivity contribution is 5.94. The summed E-state index contributed by atoms with van der Waals surface area (Å²) in [6.07, 6.45) is 0.00399. The summed E-state index contributed by atoms with van der Waals surface area (Å²) in [5, 5.41) is 8.60. The fourth-order valence-corrected chi connectivity index (χ4v) is 1.28. The van der Waals surface area contributed by atoms with E-state index in [0.717, 1.165) is 11.1 Å². The number of carbonyl (C=O) groups is 2. The molecule has 3 nitrogen and oxygen atoms in total. The zero-order chi connectivity index (χ0) is 10.7. The third kappa shape index (κ3) is 2.42. The maximum Gasteiger partial charge on any atom is 0.307 e. The number of ketones is 1. The lowest BCUT2D eigenvalue weighted by atomic mass is 10.0. The van der Waals surface area contributed by atoms with Crippen LogP contribution in [-0.4, -0.2) is 16.9 Å². The number of aryl methyl sites for hydroxylation is 1. The molecule has 1 N–H and O–H groups in total. The molecule has 0 unspecified atom stereocenters. The van der Waals surface area contributed by atoms with Crippen LogP contribution in [-0.2, 0) is 11.2 Å². The van der Waals surface area contributed by atoms with Crippen LogP contribution in [0, 0.1) is 6.92 Å². The van der Waals surface area contributed by atoms with E-state index >= 15 is 0 Å². The van der Waals surface area contributed by atoms with Crippen molar-refractivity contribution < 1.29 is 14.7 Å². The summed E-state index contributed by atoms with van der Waals surface area (Å²) in [6, 6.07) is 5.08. The Labute approximate surface area is 82.4 Å². The zero-order valence-electron chi connectivity index (χ0n) is 8.20. The Morgan fingerprint density at radius 3 is 2.43 bits per heavy atom. The minimum absolute atomic E-state index is 0.00399. The number of Topliss-reactive ketones (excluding diaryl/α,β-unsaturated/α-hetero) is 1. The lowest BCUT2D eigenvalue weighted by molar-refractivity contribution is -0.136. The van der Waals surface area contributed by atoms with Crippen LogP contribution in [0.2, 0.25) is 0 Å². The second-order valence-electron chi connectivity index (χ2n) is 3.27. The number of hydrogen-bond acceptors (Lipinski definition) is 2. The first-order chi connectivity index (χ1) is 6.50. The second kappa shape index (κ2) is 4.05. The van der Waals surface area contributed by atoms with Crippen molar-refractivity contribution >= 4 is 11.8 Å². The van der Waals surface area contributed by atoms with Crippen LogP contribution in [0.1, 0.15) is 28.4 Å². The smallest absolute Gasteiger partial charge is 0.307 e. The van der Waals surface area contributed by atoms with Crippen LogP contribution in [0.25, 0.3) is 0 Å². The standard InChI is InChI=1S/C11H12O3/c1-7-5-10(8(2)12)4-3-9(7)6-11(13)14/h3-5H,6H2,1-2H3,(H,13,14). The molecular weight excluding hydrogens is 180 g/mol. The van der Waals surface area contributed by atoms with E-state index in [1.165, 1.54) is 6.92 Å². The van der Waals surface area contributed by atoms with E-state index < -0.39 is 5.97 Å². The number of benzene rings is 1. The molecular formula is C11H12O3. The van der Waals surface area contributed by atoms with Crippen LogP contribution >= 0.6 is 0 Å². The van der Waals surface area contributed by atoms with E-state index in [-0.39, 0.29) is 12.2 Å². The van der Waals surface area contributed by atoms with Crippen molar-refractivity contribution in [2.75, 3.05) is 0 Å². The number of aliphatic carboxylic acids is 1. The number of hydrogen-bond donors (Lipinski definition) is 1. The maximum absolute atomic E-state index is 11.0. The van der Waals surface area contributed by atoms with Gasteiger partial charge in [-0.3, -0.25) is 9.59 Å². The first-order valence-electron chi connectivity index (χ1n) is 4.33. The first kappa shape index (κ1) is 10.4. The molecule has 0 aliphatic carbocycles. The molecule has 1 rings (SSSR count). The summed E-state index contributed by atoms with van der Waals surface area (Å²) < 4.78 is 0. The Kier molecular flexibility index (Phi) is 3.02. The average molecular weight is 192 g/mol. The van der Waals surface area contributed by atoms with E-state index in [1.807, 2.05) is 6.92 Å². The van der Waals surface area contributed by atoms with E-state index in [1.54, 1.807) is 18.2 Å². The molecule has 0 aromatic heterocycles. The summed E-state index contributed by atoms with van der Waals surface area (Å²) in [4.78, 5) is 21.5. The third-order valence-electron chi connectivity index (χ3n) is 2.09. The highest BCUT2D eigenvalue weighted by atomic mass is 16.4. The summed E-state index contributed by atoms with van der Waals surface area (Å²) in [5.74, 6) is -0.862. The van der Waals surface area contributed by atoms with Gasteiger partial charge in [0.25, 0.3) is 0 Å². The largest absolute Gasteiger partial charge is 0.481 e. The van der Waals surface area contributed by atoms with Gasteiger partial charge in [0.1, 0.15) is 0 Å². The van der Waals surface area contributed by atoms with Crippen molar-refractivity contribution in [1.29, 1.82) is 0 Å². The monoisotopic (exact) mass is 192 g/mol. The number of carboxylic acid groups (broad SMARTS) is 1. The molecule has 0 aliphatic rings. The Morgan fingerprint density at radius 2 is 2.00 bits per heavy atom. The average Bonchev–Trinajstić information content (AvgIpc) is 2.07. The van der Waals surface area contributed by atoms with Gasteiger partial charge in [-0.1, -0.05) is 12.1 Å². The molecule has 1 aromatic carbocycles. The molecule has 0 aliphatic heterocycles. The van der Waals surface area contributed by atoms with E-state index in [0.29, 0.717) is 5.56 Å². The van der Waals surface area contributed by atoms with Crippen molar-refractivity contribution in [2.45, 2.75) is 20.3 Å². The fraction of sp³-hybridized carbons (Fsp3) is 0.273. The highest BCUT2D eigenvalue weighted by Gasteiger charge is 2.06. The number of carbonyl (C=O) groups excluding carboxylic acids is 1. The quantitative estimate of drug-likeness (QED) is 0.743. The maximum atomic E-state index is 11.0. The van der Waals surface area contributed by atoms with Crippen molar-refractivity contribution in [3.8, 4) is 0 Å². The fourth-order valence-electron chi connectivity index (χ4n) is 1.28. The van der Waals surface area contributed by atoms with Crippen molar-refractivity contribution in [2.24, 2.45) is 0 Å². The molecule has 1 aromatic rings. The van der Waals surface area contributed by atoms with Crippen LogP contribution in [0.3, 0.4) is 0 Å². The predicted octanol–water partition coefficient (Wildman–Crippen LogP) is 1.82. The normalized spacial score (nSPS) is 9.86. The van der Waals surface area contributed by atoms with Crippen molar-refractivity contribution in [3.05, 3.63) is 34.9 Å². The van der Waals surface area contributed by atoms with Gasteiger partial charge in [-0.25, -0.2) is 0 Å². The summed E-state index contributed by atoms with van der Waals surface area (Å²) in [5.41, 5.74) is 2.22. The molecule has 0 saturated heterocycles. The van der Waals surface area contributed by atoms with Gasteiger partial charge in [0.05, 0.1) is 6.42 Å². The van der Waals surface area contributed by atoms with Gasteiger partial charge >= 0.3 is 5.97 Å². The molecule has 14 heavy (non-hydrogen) atoms. The zero-order valence-corrected chi connectivity index (χ0v) is 8.20. The lowest BCUT2D eigenvalue weighted by Crippen LogP contribution is -2.03. The molecule has 74 valence electrons. The van der Waals surface area contributed by atoms with Crippen LogP contribution in [0.5, 0.6) is 0 Å². The summed E-state index contributed by atoms with van der Waals surface area (Å²) in [7, 11) is 0. The second-order valence-corrected chi connectivity index (χ2v) is 3.27. The first-order valence-corrected chi connectivity index (χ1v) is 4.33. The van der Waals surface area contributed by atoms with Gasteiger partial charge in [-0.05, 0) is 31.0 Å². The third-order valence-corrected chi connectivity index (χ3v) is 2.09. The number of rotatable bonds is 3. The minimum Gasteiger partial charge on any atom is -0.481 e. The van der Waals surface area contributed by atoms with Crippen LogP contribution in [0.15, 0.2) is 18.2 Å². The van der Waals surface area contributed by atoms with E-state index in [9.17, 15) is 9.59 Å². The molecule has 0 fully saturated rings. The lowest BCUT2D eigenvalue weighted by Gasteiger charge is -2.04. The molecule has 0 spiro atoms. The highest BCUT2D eigenvalue weighted by Crippen LogP contribution is 2.12. The molecule has 0 saturated carbocycles. The minimum atomic E-state index is -0.858. The van der Waals surface area contributed by atoms with Gasteiger partial charge in [0, 0.05) is 5.56 Å². The molecule has 0 heterocycles. The molecule has 0 bridgehead atoms. The van der Waals surface area contributed by atoms with Crippen molar-refractivity contribution in [3.63, 3.8) is 0 Å². The van der Waals surface area contributed by atoms with Gasteiger partial charge in [0.2, 0.25) is 0 Å². The predicted molar refractivity (Wildman–Crippen MR) is 52.5 cm³/mol. The number of carboxylic acids is 1. The summed E-state index contributed by atoms with van der Waals surface area (Å²) >= 11 is 0. The van der Waals surface area contributed by atoms with Crippen molar-refractivity contribution in [1.82, 2.24) is 0 Å². The van der Waals surface area contributed by atoms with E-state index in [2.05, 4.69) is 0 Å². The van der Waals surface area contributed by atoms with Crippen LogP contribution < -0.4 is 0 Å². The summed E-state index contributed by atoms with van der Waals surface area (Å²) in [6.45, 7) is 3.30. The molecule has 3 heteroatoms. The van der Waals surface area contributed by atoms with E-state index in [4.69, 9.17) is 5.11 Å². The Hall–Kier alpha value is -1.64. The molecule has 0 amide bonds.